The molecule has 31 heavy (non-hydrogen) atoms. The van der Waals surface area contributed by atoms with E-state index in [0.29, 0.717) is 22.3 Å². The van der Waals surface area contributed by atoms with Crippen molar-refractivity contribution in [1.82, 2.24) is 4.72 Å². The Morgan fingerprint density at radius 2 is 1.58 bits per heavy atom. The fourth-order valence-electron chi connectivity index (χ4n) is 3.75. The monoisotopic (exact) mass is 449 g/mol. The van der Waals surface area contributed by atoms with Crippen LogP contribution in [-0.4, -0.2) is 19.4 Å². The average molecular weight is 450 g/mol. The quantitative estimate of drug-likeness (QED) is 0.644. The van der Waals surface area contributed by atoms with Gasteiger partial charge in [-0.05, 0) is 84.7 Å². The number of amides is 1. The van der Waals surface area contributed by atoms with Crippen molar-refractivity contribution in [3.63, 3.8) is 0 Å². The fraction of sp³-hybridized carbons (Fsp3) is 0.458. The minimum Gasteiger partial charge on any atom is -0.386 e. The van der Waals surface area contributed by atoms with Gasteiger partial charge in [0.1, 0.15) is 5.82 Å². The molecule has 0 saturated heterocycles. The van der Waals surface area contributed by atoms with Gasteiger partial charge < -0.3 is 5.11 Å². The largest absolute Gasteiger partial charge is 0.386 e. The molecule has 0 aromatic heterocycles. The Labute approximate surface area is 184 Å². The van der Waals surface area contributed by atoms with Crippen LogP contribution in [0.3, 0.4) is 0 Å². The predicted octanol–water partition coefficient (Wildman–Crippen LogP) is 4.66. The summed E-state index contributed by atoms with van der Waals surface area (Å²) in [5.41, 5.74) is 2.01. The van der Waals surface area contributed by atoms with E-state index < -0.39 is 21.5 Å². The van der Waals surface area contributed by atoms with E-state index in [4.69, 9.17) is 0 Å². The molecule has 1 amide bonds. The second-order valence-electron chi connectivity index (χ2n) is 9.11. The summed E-state index contributed by atoms with van der Waals surface area (Å²) in [5, 5.41) is 10.3. The topological polar surface area (TPSA) is 83.5 Å². The molecular formula is C24H32FNO4S. The molecule has 2 aromatic rings. The van der Waals surface area contributed by atoms with E-state index in [9.17, 15) is 22.7 Å². The van der Waals surface area contributed by atoms with Crippen molar-refractivity contribution in [2.45, 2.75) is 77.2 Å². The molecule has 7 heteroatoms. The van der Waals surface area contributed by atoms with Crippen molar-refractivity contribution in [3.8, 4) is 0 Å². The second kappa shape index (κ2) is 9.09. The lowest BCUT2D eigenvalue weighted by Gasteiger charge is -2.22. The Bertz CT molecular complexity index is 1050. The van der Waals surface area contributed by atoms with Gasteiger partial charge in [-0.25, -0.2) is 17.5 Å². The standard InChI is InChI=1S/C24H32FNO4S/c1-14(2)19-10-17(25)11-20(15(3)4)21(19)13-23(27)26-31(29,30)18-9-8-16(5)22(12-18)24(6,7)28/h8-12,14-15,28H,13H2,1-7H3,(H,26,27). The summed E-state index contributed by atoms with van der Waals surface area (Å²) in [4.78, 5) is 12.7. The highest BCUT2D eigenvalue weighted by Crippen LogP contribution is 2.30. The maximum atomic E-state index is 14.1. The van der Waals surface area contributed by atoms with Gasteiger partial charge in [0, 0.05) is 0 Å². The molecule has 0 heterocycles. The van der Waals surface area contributed by atoms with Crippen molar-refractivity contribution in [3.05, 3.63) is 64.0 Å². The minimum atomic E-state index is -4.14. The van der Waals surface area contributed by atoms with Gasteiger partial charge in [-0.2, -0.15) is 0 Å². The van der Waals surface area contributed by atoms with Gasteiger partial charge in [-0.15, -0.1) is 0 Å². The van der Waals surface area contributed by atoms with Crippen LogP contribution in [0, 0.1) is 12.7 Å². The van der Waals surface area contributed by atoms with E-state index in [2.05, 4.69) is 4.72 Å². The fourth-order valence-corrected chi connectivity index (χ4v) is 4.76. The lowest BCUT2D eigenvalue weighted by atomic mass is 9.87. The molecule has 0 aliphatic rings. The smallest absolute Gasteiger partial charge is 0.264 e. The molecular weight excluding hydrogens is 417 g/mol. The zero-order valence-electron chi connectivity index (χ0n) is 19.2. The highest BCUT2D eigenvalue weighted by molar-refractivity contribution is 7.90. The number of halogens is 1. The highest BCUT2D eigenvalue weighted by atomic mass is 32.2. The van der Waals surface area contributed by atoms with Crippen LogP contribution in [0.25, 0.3) is 0 Å². The number of sulfonamides is 1. The summed E-state index contributed by atoms with van der Waals surface area (Å²) in [5.74, 6) is -1.12. The van der Waals surface area contributed by atoms with Crippen LogP contribution < -0.4 is 4.72 Å². The Morgan fingerprint density at radius 1 is 1.06 bits per heavy atom. The molecule has 0 saturated carbocycles. The number of aliphatic hydroxyl groups is 1. The number of benzene rings is 2. The summed E-state index contributed by atoms with van der Waals surface area (Å²) in [7, 11) is -4.14. The number of hydrogen-bond donors (Lipinski definition) is 2. The van der Waals surface area contributed by atoms with Crippen LogP contribution in [0.15, 0.2) is 35.2 Å². The second-order valence-corrected chi connectivity index (χ2v) is 10.8. The minimum absolute atomic E-state index is 0.0287. The van der Waals surface area contributed by atoms with Gasteiger partial charge in [0.25, 0.3) is 10.0 Å². The molecule has 170 valence electrons. The summed E-state index contributed by atoms with van der Waals surface area (Å²) in [6.45, 7) is 12.5. The average Bonchev–Trinajstić information content (AvgIpc) is 2.61. The van der Waals surface area contributed by atoms with Gasteiger partial charge in [0.2, 0.25) is 5.91 Å². The van der Waals surface area contributed by atoms with Crippen molar-refractivity contribution in [1.29, 1.82) is 0 Å². The molecule has 0 radical (unpaired) electrons. The predicted molar refractivity (Wildman–Crippen MR) is 120 cm³/mol. The molecule has 0 bridgehead atoms. The van der Waals surface area contributed by atoms with Gasteiger partial charge in [-0.3, -0.25) is 4.79 Å². The Balaban J connectivity index is 2.39. The van der Waals surface area contributed by atoms with E-state index in [1.165, 1.54) is 24.3 Å². The molecule has 0 fully saturated rings. The first-order valence-corrected chi connectivity index (χ1v) is 11.8. The van der Waals surface area contributed by atoms with E-state index >= 15 is 0 Å². The first-order chi connectivity index (χ1) is 14.1. The van der Waals surface area contributed by atoms with Crippen LogP contribution in [0.5, 0.6) is 0 Å². The van der Waals surface area contributed by atoms with E-state index in [0.717, 1.165) is 5.56 Å². The maximum Gasteiger partial charge on any atom is 0.264 e. The lowest BCUT2D eigenvalue weighted by molar-refractivity contribution is -0.118. The zero-order chi connectivity index (χ0) is 23.7. The molecule has 0 aliphatic heterocycles. The first kappa shape index (κ1) is 25.0. The molecule has 0 spiro atoms. The third kappa shape index (κ3) is 5.92. The molecule has 0 aliphatic carbocycles. The number of carbonyl (C=O) groups is 1. The number of nitrogens with one attached hydrogen (secondary N) is 1. The van der Waals surface area contributed by atoms with Crippen molar-refractivity contribution < 1.29 is 22.7 Å². The first-order valence-electron chi connectivity index (χ1n) is 10.3. The summed E-state index contributed by atoms with van der Waals surface area (Å²) >= 11 is 0. The Kier molecular flexibility index (Phi) is 7.33. The van der Waals surface area contributed by atoms with Crippen LogP contribution in [0.2, 0.25) is 0 Å². The van der Waals surface area contributed by atoms with E-state index in [1.807, 2.05) is 27.7 Å². The summed E-state index contributed by atoms with van der Waals surface area (Å²) in [6, 6.07) is 7.19. The van der Waals surface area contributed by atoms with Gasteiger partial charge in [0.15, 0.2) is 0 Å². The number of rotatable bonds is 7. The van der Waals surface area contributed by atoms with Crippen molar-refractivity contribution in [2.24, 2.45) is 0 Å². The van der Waals surface area contributed by atoms with Gasteiger partial charge in [-0.1, -0.05) is 33.8 Å². The van der Waals surface area contributed by atoms with E-state index in [-0.39, 0.29) is 29.0 Å². The van der Waals surface area contributed by atoms with E-state index in [1.54, 1.807) is 26.8 Å². The maximum absolute atomic E-state index is 14.1. The summed E-state index contributed by atoms with van der Waals surface area (Å²) < 4.78 is 41.9. The molecule has 2 aromatic carbocycles. The number of hydrogen-bond acceptors (Lipinski definition) is 4. The molecule has 0 unspecified atom stereocenters. The Hall–Kier alpha value is -2.25. The van der Waals surface area contributed by atoms with Gasteiger partial charge >= 0.3 is 0 Å². The van der Waals surface area contributed by atoms with Crippen LogP contribution >= 0.6 is 0 Å². The third-order valence-electron chi connectivity index (χ3n) is 5.29. The lowest BCUT2D eigenvalue weighted by Crippen LogP contribution is -2.33. The molecule has 2 N–H and O–H groups in total. The molecule has 2 rings (SSSR count). The van der Waals surface area contributed by atoms with Gasteiger partial charge in [0.05, 0.1) is 16.9 Å². The normalized spacial score (nSPS) is 12.5. The zero-order valence-corrected chi connectivity index (χ0v) is 20.0. The van der Waals surface area contributed by atoms with Crippen molar-refractivity contribution in [2.75, 3.05) is 0 Å². The summed E-state index contributed by atoms with van der Waals surface area (Å²) in [6.07, 6.45) is -0.176. The van der Waals surface area contributed by atoms with Crippen LogP contribution in [-0.2, 0) is 26.8 Å². The SMILES string of the molecule is Cc1ccc(S(=O)(=O)NC(=O)Cc2c(C(C)C)cc(F)cc2C(C)C)cc1C(C)(C)O. The molecule has 0 atom stereocenters. The Morgan fingerprint density at radius 3 is 2.03 bits per heavy atom. The van der Waals surface area contributed by atoms with Crippen LogP contribution in [0.4, 0.5) is 4.39 Å². The number of aryl methyl sites for hydroxylation is 1. The molecule has 5 nitrogen and oxygen atoms in total. The third-order valence-corrected chi connectivity index (χ3v) is 6.66. The number of carbonyl (C=O) groups excluding carboxylic acids is 1. The van der Waals surface area contributed by atoms with Crippen LogP contribution in [0.1, 0.15) is 81.2 Å². The van der Waals surface area contributed by atoms with Crippen molar-refractivity contribution >= 4 is 15.9 Å². The highest BCUT2D eigenvalue weighted by Gasteiger charge is 2.25.